The first-order valence-electron chi connectivity index (χ1n) is 21.6. The minimum atomic E-state index is -1.56. The molecule has 6 saturated heterocycles. The van der Waals surface area contributed by atoms with E-state index in [-0.39, 0.29) is 0 Å². The molecule has 6 aliphatic rings. The highest BCUT2D eigenvalue weighted by molar-refractivity contribution is 5.01. The molecule has 6 heterocycles. The summed E-state index contributed by atoms with van der Waals surface area (Å²) in [6.45, 7) is -4.00. The van der Waals surface area contributed by atoms with Crippen molar-refractivity contribution in [1.82, 2.24) is 0 Å². The van der Waals surface area contributed by atoms with Gasteiger partial charge in [-0.25, -0.2) is 0 Å². The van der Waals surface area contributed by atoms with Crippen molar-refractivity contribution < 1.29 is 129 Å². The second kappa shape index (κ2) is 25.1. The first kappa shape index (κ1) is 57.6. The Bertz CT molecular complexity index is 1400. The lowest BCUT2D eigenvalue weighted by Crippen LogP contribution is -2.69. The van der Waals surface area contributed by atoms with Crippen LogP contribution in [0.3, 0.4) is 0 Å². The molecular formula is C36H70N6O26. The van der Waals surface area contributed by atoms with Crippen LogP contribution in [0.1, 0.15) is 0 Å². The fourth-order valence-corrected chi connectivity index (χ4v) is 8.37. The van der Waals surface area contributed by atoms with E-state index in [0.29, 0.717) is 0 Å². The number of hydrogen-bond acceptors (Lipinski definition) is 32. The second-order valence-corrected chi connectivity index (χ2v) is 17.2. The Morgan fingerprint density at radius 3 is 0.721 bits per heavy atom. The molecule has 6 fully saturated rings. The molecule has 400 valence electrons. The smallest absolute Gasteiger partial charge is 0.176 e. The summed E-state index contributed by atoms with van der Waals surface area (Å²) in [4.78, 5) is 0. The molecule has 0 bridgehead atoms. The Balaban J connectivity index is 0.000000254. The molecule has 0 aromatic rings. The quantitative estimate of drug-likeness (QED) is 0.0768. The third-order valence-corrected chi connectivity index (χ3v) is 12.7. The molecule has 6 rings (SSSR count). The predicted molar refractivity (Wildman–Crippen MR) is 214 cm³/mol. The van der Waals surface area contributed by atoms with E-state index in [4.69, 9.17) is 81.8 Å². The molecule has 0 aliphatic carbocycles. The van der Waals surface area contributed by atoms with Crippen LogP contribution in [0.5, 0.6) is 0 Å². The van der Waals surface area contributed by atoms with Crippen LogP contribution in [0.25, 0.3) is 0 Å². The molecule has 6 aliphatic heterocycles. The second-order valence-electron chi connectivity index (χ2n) is 17.2. The lowest BCUT2D eigenvalue weighted by Gasteiger charge is -2.48. The van der Waals surface area contributed by atoms with E-state index in [1.54, 1.807) is 0 Å². The van der Waals surface area contributed by atoms with Crippen LogP contribution in [-0.2, 0) is 47.4 Å². The zero-order valence-corrected chi connectivity index (χ0v) is 36.3. The van der Waals surface area contributed by atoms with E-state index in [0.717, 1.165) is 0 Å². The third-order valence-electron chi connectivity index (χ3n) is 12.7. The molecule has 30 atom stereocenters. The van der Waals surface area contributed by atoms with Gasteiger partial charge in [0.2, 0.25) is 0 Å². The van der Waals surface area contributed by atoms with Gasteiger partial charge in [-0.3, -0.25) is 0 Å². The van der Waals surface area contributed by atoms with Gasteiger partial charge in [0.15, 0.2) is 37.7 Å². The van der Waals surface area contributed by atoms with Gasteiger partial charge in [0.1, 0.15) is 110 Å². The van der Waals surface area contributed by atoms with Gasteiger partial charge in [-0.1, -0.05) is 0 Å². The average molecular weight is 1000 g/mol. The highest BCUT2D eigenvalue weighted by Gasteiger charge is 2.54. The lowest BCUT2D eigenvalue weighted by molar-refractivity contribution is -0.348. The van der Waals surface area contributed by atoms with E-state index >= 15 is 0 Å². The van der Waals surface area contributed by atoms with Gasteiger partial charge in [0, 0.05) is 0 Å². The molecule has 0 radical (unpaired) electrons. The molecule has 12 unspecified atom stereocenters. The summed E-state index contributed by atoms with van der Waals surface area (Å²) in [6, 6.07) is -7.75. The van der Waals surface area contributed by atoms with Gasteiger partial charge in [0.05, 0.1) is 75.9 Å². The van der Waals surface area contributed by atoms with Gasteiger partial charge in [0.25, 0.3) is 0 Å². The van der Waals surface area contributed by atoms with E-state index in [1.165, 1.54) is 0 Å². The maximum Gasteiger partial charge on any atom is 0.176 e. The highest BCUT2D eigenvalue weighted by Crippen LogP contribution is 2.33. The van der Waals surface area contributed by atoms with Crippen molar-refractivity contribution in [2.45, 2.75) is 184 Å². The van der Waals surface area contributed by atoms with E-state index in [9.17, 15) is 81.7 Å². The fourth-order valence-electron chi connectivity index (χ4n) is 8.37. The molecule has 32 nitrogen and oxygen atoms in total. The Morgan fingerprint density at radius 2 is 0.471 bits per heavy atom. The Labute approximate surface area is 386 Å². The molecule has 0 aromatic heterocycles. The van der Waals surface area contributed by atoms with E-state index < -0.39 is 224 Å². The zero-order chi connectivity index (χ0) is 50.6. The van der Waals surface area contributed by atoms with Crippen LogP contribution >= 0.6 is 0 Å². The molecule has 0 amide bonds. The number of aliphatic hydroxyl groups is 16. The van der Waals surface area contributed by atoms with Gasteiger partial charge >= 0.3 is 0 Å². The van der Waals surface area contributed by atoms with Gasteiger partial charge in [-0.2, -0.15) is 0 Å². The maximum atomic E-state index is 10.8. The first-order valence-corrected chi connectivity index (χ1v) is 21.6. The van der Waals surface area contributed by atoms with Crippen LogP contribution in [0.2, 0.25) is 0 Å². The van der Waals surface area contributed by atoms with E-state index in [2.05, 4.69) is 0 Å². The Hall–Kier alpha value is -1.28. The summed E-state index contributed by atoms with van der Waals surface area (Å²) in [5.41, 5.74) is 35.2. The topological polar surface area (TPSA) is 572 Å². The summed E-state index contributed by atoms with van der Waals surface area (Å²) < 4.78 is 54.8. The van der Waals surface area contributed by atoms with Crippen molar-refractivity contribution in [2.24, 2.45) is 34.4 Å². The van der Waals surface area contributed by atoms with Crippen molar-refractivity contribution in [2.75, 3.05) is 39.6 Å². The minimum Gasteiger partial charge on any atom is -0.394 e. The van der Waals surface area contributed by atoms with Gasteiger partial charge in [-0.05, 0) is 0 Å². The number of aliphatic hydroxyl groups excluding tert-OH is 16. The van der Waals surface area contributed by atoms with Crippen molar-refractivity contribution in [3.63, 3.8) is 0 Å². The van der Waals surface area contributed by atoms with Crippen molar-refractivity contribution in [3.05, 3.63) is 0 Å². The SMILES string of the molecule is NC1C(O)O[C@H](CO)C(O[C@@H]2O[C@H](CO)C(O[C@@H]3O[C@H](CO)[C@@H](O)[C@H](O)[C@H]3N)[C@H](O)C2N)C1O.NC1C(O)O[C@H](CO)C(O[C@@H]2O[C@H](CO)C(O[C@@H]3O[C@H](CO)[C@@H](O)[C@H](O)[C@H]3N)[C@H](O)C2N)C1O. The molecular weight excluding hydrogens is 932 g/mol. The van der Waals surface area contributed by atoms with Crippen LogP contribution in [0, 0.1) is 0 Å². The third kappa shape index (κ3) is 12.2. The van der Waals surface area contributed by atoms with Crippen LogP contribution < -0.4 is 34.4 Å². The summed E-state index contributed by atoms with van der Waals surface area (Å²) in [5, 5.41) is 159. The van der Waals surface area contributed by atoms with Crippen molar-refractivity contribution in [3.8, 4) is 0 Å². The Kier molecular flexibility index (Phi) is 21.3. The van der Waals surface area contributed by atoms with Crippen LogP contribution in [-0.4, -0.2) is 305 Å². The summed E-state index contributed by atoms with van der Waals surface area (Å²) >= 11 is 0. The predicted octanol–water partition coefficient (Wildman–Crippen LogP) is -15.3. The molecule has 0 saturated carbocycles. The zero-order valence-electron chi connectivity index (χ0n) is 36.3. The first-order chi connectivity index (χ1) is 32.1. The van der Waals surface area contributed by atoms with Gasteiger partial charge < -0.3 is 163 Å². The normalized spacial score (nSPS) is 52.5. The number of hydrogen-bond donors (Lipinski definition) is 22. The molecule has 32 heteroatoms. The number of nitrogens with two attached hydrogens (primary N) is 6. The summed E-state index contributed by atoms with van der Waals surface area (Å²) in [5.74, 6) is 0. The minimum absolute atomic E-state index is 0.651. The van der Waals surface area contributed by atoms with Gasteiger partial charge in [-0.15, -0.1) is 0 Å². The standard InChI is InChI=1S/2C18H35N3O13/c2*19-7-12(27)14(5(2-23)30-16(7)29)33-18-9(21)13(28)15(6(3-24)32-18)34-17-8(20)11(26)10(25)4(1-22)31-17/h2*4-18,22-29H,1-3,19-21H2/t2*4-,5-,6-,7?,8-,9?,10-,11-,12?,13-,14?,15?,16?,17+,18+/m11/s1. The lowest BCUT2D eigenvalue weighted by atomic mass is 9.94. The maximum absolute atomic E-state index is 10.8. The van der Waals surface area contributed by atoms with Crippen molar-refractivity contribution >= 4 is 0 Å². The van der Waals surface area contributed by atoms with Crippen molar-refractivity contribution in [1.29, 1.82) is 0 Å². The van der Waals surface area contributed by atoms with Crippen LogP contribution in [0.4, 0.5) is 0 Å². The summed E-state index contributed by atoms with van der Waals surface area (Å²) in [7, 11) is 0. The largest absolute Gasteiger partial charge is 0.394 e. The fraction of sp³-hybridized carbons (Fsp3) is 1.00. The number of ether oxygens (including phenoxy) is 10. The molecule has 0 spiro atoms. The molecule has 0 aromatic carbocycles. The summed E-state index contributed by atoms with van der Waals surface area (Å²) in [6.07, 6.45) is -33.6. The highest BCUT2D eigenvalue weighted by atomic mass is 16.8. The average Bonchev–Trinajstić information content (AvgIpc) is 3.33. The number of rotatable bonds is 14. The molecule has 68 heavy (non-hydrogen) atoms. The molecule has 28 N–H and O–H groups in total. The monoisotopic (exact) mass is 1000 g/mol. The Morgan fingerprint density at radius 1 is 0.265 bits per heavy atom. The van der Waals surface area contributed by atoms with Crippen LogP contribution in [0.15, 0.2) is 0 Å². The van der Waals surface area contributed by atoms with E-state index in [1.807, 2.05) is 0 Å².